The van der Waals surface area contributed by atoms with Gasteiger partial charge in [-0.1, -0.05) is 77.0 Å². The average molecular weight is 380 g/mol. The van der Waals surface area contributed by atoms with Crippen LogP contribution in [0, 0.1) is 0 Å². The van der Waals surface area contributed by atoms with Crippen molar-refractivity contribution in [2.24, 2.45) is 0 Å². The summed E-state index contributed by atoms with van der Waals surface area (Å²) in [5, 5.41) is 4.30. The van der Waals surface area contributed by atoms with Gasteiger partial charge in [-0.2, -0.15) is 0 Å². The van der Waals surface area contributed by atoms with Crippen molar-refractivity contribution in [3.63, 3.8) is 0 Å². The fourth-order valence-corrected chi connectivity index (χ4v) is 6.69. The maximum atomic E-state index is 15.0. The summed E-state index contributed by atoms with van der Waals surface area (Å²) in [5.74, 6) is 0. The summed E-state index contributed by atoms with van der Waals surface area (Å²) in [6.07, 6.45) is 0. The number of benzene rings is 5. The van der Waals surface area contributed by atoms with Crippen LogP contribution in [-0.4, -0.2) is 0 Å². The molecule has 28 heavy (non-hydrogen) atoms. The Morgan fingerprint density at radius 1 is 0.464 bits per heavy atom. The predicted molar refractivity (Wildman–Crippen MR) is 117 cm³/mol. The van der Waals surface area contributed by atoms with Crippen molar-refractivity contribution < 1.29 is 4.21 Å². The highest BCUT2D eigenvalue weighted by atomic mass is 32.2. The van der Waals surface area contributed by atoms with E-state index in [1.54, 1.807) is 0 Å². The van der Waals surface area contributed by atoms with E-state index in [2.05, 4.69) is 30.3 Å². The monoisotopic (exact) mass is 379 g/mol. The van der Waals surface area contributed by atoms with E-state index in [-0.39, 0.29) is 0 Å². The van der Waals surface area contributed by atoms with Gasteiger partial charge in [0.1, 0.15) is 0 Å². The molecule has 134 valence electrons. The topological polar surface area (TPSA) is 17.1 Å². The van der Waals surface area contributed by atoms with Crippen molar-refractivity contribution in [1.82, 2.24) is 0 Å². The highest BCUT2D eigenvalue weighted by Gasteiger charge is 2.40. The SMILES string of the molecule is O=[S+](c1ccccc1)(c1ccccc1)c1c2ccccc2cc2ccccc12. The van der Waals surface area contributed by atoms with Crippen LogP contribution in [0.2, 0.25) is 0 Å². The van der Waals surface area contributed by atoms with Gasteiger partial charge in [0.05, 0.1) is 0 Å². The molecular formula is C26H19OS+. The lowest BCUT2D eigenvalue weighted by atomic mass is 10.0. The van der Waals surface area contributed by atoms with Crippen molar-refractivity contribution in [2.75, 3.05) is 0 Å². The smallest absolute Gasteiger partial charge is 0.0875 e. The fourth-order valence-electron chi connectivity index (χ4n) is 3.88. The van der Waals surface area contributed by atoms with Crippen LogP contribution in [0.1, 0.15) is 0 Å². The largest absolute Gasteiger partial charge is 0.184 e. The first-order valence-corrected chi connectivity index (χ1v) is 10.9. The van der Waals surface area contributed by atoms with Crippen molar-refractivity contribution in [1.29, 1.82) is 0 Å². The molecular weight excluding hydrogens is 360 g/mol. The molecule has 0 bridgehead atoms. The van der Waals surface area contributed by atoms with Gasteiger partial charge in [-0.3, -0.25) is 0 Å². The van der Waals surface area contributed by atoms with Crippen molar-refractivity contribution >= 4 is 31.5 Å². The Balaban J connectivity index is 2.01. The molecule has 0 unspecified atom stereocenters. The standard InChI is InChI=1S/C26H19OS/c27-28(22-13-3-1-4-14-22,23-15-5-2-6-16-23)26-24-17-9-7-11-20(24)19-21-12-8-10-18-25(21)26/h1-19H/q+1. The summed E-state index contributed by atoms with van der Waals surface area (Å²) in [7, 11) is -2.68. The Kier molecular flexibility index (Phi) is 4.07. The molecule has 0 aliphatic heterocycles. The maximum absolute atomic E-state index is 15.0. The fraction of sp³-hybridized carbons (Fsp3) is 0. The predicted octanol–water partition coefficient (Wildman–Crippen LogP) is 6.97. The third-order valence-corrected chi connectivity index (χ3v) is 8.05. The van der Waals surface area contributed by atoms with Gasteiger partial charge in [-0.25, -0.2) is 0 Å². The maximum Gasteiger partial charge on any atom is 0.184 e. The van der Waals surface area contributed by atoms with Crippen LogP contribution in [0.15, 0.2) is 130 Å². The molecule has 5 rings (SSSR count). The Morgan fingerprint density at radius 2 is 0.857 bits per heavy atom. The van der Waals surface area contributed by atoms with Crippen molar-refractivity contribution in [3.8, 4) is 0 Å². The van der Waals surface area contributed by atoms with E-state index in [1.165, 1.54) is 0 Å². The van der Waals surface area contributed by atoms with Gasteiger partial charge < -0.3 is 0 Å². The van der Waals surface area contributed by atoms with E-state index in [9.17, 15) is 0 Å². The van der Waals surface area contributed by atoms with Gasteiger partial charge >= 0.3 is 0 Å². The van der Waals surface area contributed by atoms with Crippen LogP contribution in [0.25, 0.3) is 21.5 Å². The molecule has 0 atom stereocenters. The molecule has 0 aliphatic rings. The van der Waals surface area contributed by atoms with Gasteiger partial charge in [0.15, 0.2) is 24.6 Å². The van der Waals surface area contributed by atoms with Crippen molar-refractivity contribution in [2.45, 2.75) is 14.7 Å². The molecule has 0 aliphatic carbocycles. The number of hydrogen-bond donors (Lipinski definition) is 0. The van der Waals surface area contributed by atoms with Gasteiger partial charge in [0.2, 0.25) is 0 Å². The summed E-state index contributed by atoms with van der Waals surface area (Å²) < 4.78 is 15.0. The lowest BCUT2D eigenvalue weighted by molar-refractivity contribution is 0.585. The second-order valence-electron chi connectivity index (χ2n) is 6.83. The third kappa shape index (κ3) is 2.57. The van der Waals surface area contributed by atoms with E-state index >= 15 is 4.21 Å². The van der Waals surface area contributed by atoms with Crippen LogP contribution in [0.4, 0.5) is 0 Å². The molecule has 2 heteroatoms. The molecule has 0 heterocycles. The molecule has 0 saturated carbocycles. The minimum absolute atomic E-state index is 0.836. The van der Waals surface area contributed by atoms with Gasteiger partial charge in [0, 0.05) is 10.8 Å². The van der Waals surface area contributed by atoms with Gasteiger partial charge in [-0.15, -0.1) is 0 Å². The Hall–Kier alpha value is -3.23. The van der Waals surface area contributed by atoms with Gasteiger partial charge in [-0.05, 0) is 53.2 Å². The summed E-state index contributed by atoms with van der Waals surface area (Å²) in [4.78, 5) is 2.57. The normalized spacial score (nSPS) is 11.7. The van der Waals surface area contributed by atoms with Crippen molar-refractivity contribution in [3.05, 3.63) is 115 Å². The van der Waals surface area contributed by atoms with Crippen LogP contribution < -0.4 is 0 Å². The first kappa shape index (κ1) is 16.9. The third-order valence-electron chi connectivity index (χ3n) is 5.16. The van der Waals surface area contributed by atoms with Crippen LogP contribution in [0.3, 0.4) is 0 Å². The van der Waals surface area contributed by atoms with Crippen LogP contribution in [0.5, 0.6) is 0 Å². The Morgan fingerprint density at radius 3 is 1.32 bits per heavy atom. The van der Waals surface area contributed by atoms with Gasteiger partial charge in [0.25, 0.3) is 0 Å². The highest BCUT2D eigenvalue weighted by Crippen LogP contribution is 2.44. The lowest BCUT2D eigenvalue weighted by Gasteiger charge is -2.16. The molecule has 0 N–H and O–H groups in total. The summed E-state index contributed by atoms with van der Waals surface area (Å²) in [6, 6.07) is 38.4. The van der Waals surface area contributed by atoms with E-state index in [0.29, 0.717) is 0 Å². The molecule has 0 amide bonds. The Bertz CT molecular complexity index is 1230. The van der Waals surface area contributed by atoms with E-state index in [1.807, 2.05) is 84.9 Å². The zero-order chi connectivity index (χ0) is 19.0. The second-order valence-corrected chi connectivity index (χ2v) is 9.29. The van der Waals surface area contributed by atoms with E-state index < -0.39 is 9.93 Å². The van der Waals surface area contributed by atoms with E-state index in [4.69, 9.17) is 0 Å². The number of hydrogen-bond acceptors (Lipinski definition) is 1. The minimum Gasteiger partial charge on any atom is -0.0875 e. The molecule has 0 saturated heterocycles. The summed E-state index contributed by atoms with van der Waals surface area (Å²) in [6.45, 7) is 0. The first-order valence-electron chi connectivity index (χ1n) is 9.33. The summed E-state index contributed by atoms with van der Waals surface area (Å²) >= 11 is 0. The quantitative estimate of drug-likeness (QED) is 0.244. The zero-order valence-electron chi connectivity index (χ0n) is 15.3. The van der Waals surface area contributed by atoms with Crippen LogP contribution in [-0.2, 0) is 14.1 Å². The van der Waals surface area contributed by atoms with Crippen LogP contribution >= 0.6 is 0 Å². The molecule has 0 aromatic heterocycles. The molecule has 0 fully saturated rings. The minimum atomic E-state index is -2.68. The number of fused-ring (bicyclic) bond motifs is 2. The molecule has 5 aromatic carbocycles. The second kappa shape index (κ2) is 6.74. The highest BCUT2D eigenvalue weighted by molar-refractivity contribution is 8.03. The lowest BCUT2D eigenvalue weighted by Crippen LogP contribution is -2.14. The Labute approximate surface area is 165 Å². The van der Waals surface area contributed by atoms with E-state index in [0.717, 1.165) is 36.2 Å². The molecule has 1 nitrogen and oxygen atoms in total. The molecule has 0 spiro atoms. The first-order chi connectivity index (χ1) is 13.8. The summed E-state index contributed by atoms with van der Waals surface area (Å²) in [5.41, 5.74) is 0. The molecule has 0 radical (unpaired) electrons. The average Bonchev–Trinajstić information content (AvgIpc) is 2.78. The molecule has 5 aromatic rings. The zero-order valence-corrected chi connectivity index (χ0v) is 16.1. The number of rotatable bonds is 3.